The van der Waals surface area contributed by atoms with E-state index in [1.54, 1.807) is 30.5 Å². The van der Waals surface area contributed by atoms with Crippen LogP contribution in [0.5, 0.6) is 0 Å². The molecule has 138 valence electrons. The molecule has 5 nitrogen and oxygen atoms in total. The van der Waals surface area contributed by atoms with E-state index in [0.717, 1.165) is 31.5 Å². The monoisotopic (exact) mass is 367 g/mol. The number of halogens is 1. The molecule has 1 aromatic rings. The van der Waals surface area contributed by atoms with Crippen molar-refractivity contribution in [2.75, 3.05) is 40.3 Å². The van der Waals surface area contributed by atoms with Crippen molar-refractivity contribution in [1.29, 1.82) is 0 Å². The molecule has 7 heteroatoms. The van der Waals surface area contributed by atoms with Crippen molar-refractivity contribution in [2.45, 2.75) is 18.9 Å². The first kappa shape index (κ1) is 18.5. The van der Waals surface area contributed by atoms with Crippen molar-refractivity contribution >= 4 is 16.3 Å². The molecule has 2 bridgehead atoms. The second kappa shape index (κ2) is 7.53. The van der Waals surface area contributed by atoms with E-state index in [-0.39, 0.29) is 11.9 Å². The lowest BCUT2D eigenvalue weighted by atomic mass is 9.95. The zero-order chi connectivity index (χ0) is 18.0. The summed E-state index contributed by atoms with van der Waals surface area (Å²) in [6.45, 7) is 2.88. The molecule has 3 aliphatic heterocycles. The van der Waals surface area contributed by atoms with Gasteiger partial charge in [0.05, 0.1) is 0 Å². The van der Waals surface area contributed by atoms with E-state index in [0.29, 0.717) is 19.0 Å². The second-order valence-electron chi connectivity index (χ2n) is 7.11. The number of hydrogen-bond acceptors (Lipinski definition) is 3. The van der Waals surface area contributed by atoms with Crippen LogP contribution in [0.25, 0.3) is 6.08 Å². The van der Waals surface area contributed by atoms with Crippen LogP contribution in [0.1, 0.15) is 18.4 Å². The lowest BCUT2D eigenvalue weighted by molar-refractivity contribution is 0.149. The third-order valence-corrected chi connectivity index (χ3v) is 6.98. The molecule has 1 aromatic carbocycles. The lowest BCUT2D eigenvalue weighted by Crippen LogP contribution is -2.46. The molecule has 0 saturated carbocycles. The molecule has 2 atom stereocenters. The maximum Gasteiger partial charge on any atom is 0.281 e. The van der Waals surface area contributed by atoms with Crippen LogP contribution in [0.4, 0.5) is 4.39 Å². The normalized spacial score (nSPS) is 25.8. The van der Waals surface area contributed by atoms with Gasteiger partial charge < -0.3 is 0 Å². The van der Waals surface area contributed by atoms with Crippen LogP contribution in [0.15, 0.2) is 30.3 Å². The summed E-state index contributed by atoms with van der Waals surface area (Å²) in [6, 6.07) is 6.68. The van der Waals surface area contributed by atoms with Crippen molar-refractivity contribution < 1.29 is 12.8 Å². The Morgan fingerprint density at radius 2 is 1.88 bits per heavy atom. The van der Waals surface area contributed by atoms with Crippen LogP contribution >= 0.6 is 0 Å². The predicted molar refractivity (Wildman–Crippen MR) is 97.7 cm³/mol. The van der Waals surface area contributed by atoms with Crippen LogP contribution < -0.4 is 0 Å². The smallest absolute Gasteiger partial charge is 0.281 e. The highest BCUT2D eigenvalue weighted by atomic mass is 32.2. The van der Waals surface area contributed by atoms with Crippen LogP contribution in [0, 0.1) is 11.7 Å². The molecule has 0 N–H and O–H groups in total. The van der Waals surface area contributed by atoms with Crippen molar-refractivity contribution in [3.05, 3.63) is 41.7 Å². The summed E-state index contributed by atoms with van der Waals surface area (Å²) < 4.78 is 40.8. The predicted octanol–water partition coefficient (Wildman–Crippen LogP) is 2.04. The van der Waals surface area contributed by atoms with Gasteiger partial charge in [-0.1, -0.05) is 24.3 Å². The SMILES string of the molecule is CN(C)S(=O)(=O)N1C[C@@H]2CC[C@H](C1)N(CC=Cc1ccc(F)cc1)C2. The Morgan fingerprint density at radius 3 is 2.56 bits per heavy atom. The summed E-state index contributed by atoms with van der Waals surface area (Å²) in [4.78, 5) is 2.37. The van der Waals surface area contributed by atoms with E-state index in [1.807, 2.05) is 6.08 Å². The van der Waals surface area contributed by atoms with Crippen LogP contribution in [-0.4, -0.2) is 68.2 Å². The quantitative estimate of drug-likeness (QED) is 0.800. The summed E-state index contributed by atoms with van der Waals surface area (Å²) >= 11 is 0. The number of benzene rings is 1. The van der Waals surface area contributed by atoms with Crippen molar-refractivity contribution in [3.63, 3.8) is 0 Å². The zero-order valence-electron chi connectivity index (χ0n) is 14.8. The Hall–Kier alpha value is -1.28. The van der Waals surface area contributed by atoms with Crippen molar-refractivity contribution in [2.24, 2.45) is 5.92 Å². The van der Waals surface area contributed by atoms with Gasteiger partial charge in [-0.05, 0) is 36.5 Å². The molecule has 3 saturated heterocycles. The summed E-state index contributed by atoms with van der Waals surface area (Å²) in [5.74, 6) is 0.150. The number of piperidine rings is 1. The van der Waals surface area contributed by atoms with Gasteiger partial charge in [0, 0.05) is 46.3 Å². The molecule has 25 heavy (non-hydrogen) atoms. The molecule has 0 radical (unpaired) electrons. The number of fused-ring (bicyclic) bond motifs is 4. The number of hydrogen-bond donors (Lipinski definition) is 0. The largest absolute Gasteiger partial charge is 0.295 e. The van der Waals surface area contributed by atoms with E-state index in [4.69, 9.17) is 0 Å². The second-order valence-corrected chi connectivity index (χ2v) is 9.25. The molecule has 4 rings (SSSR count). The molecular formula is C18H26FN3O2S. The van der Waals surface area contributed by atoms with Gasteiger partial charge >= 0.3 is 0 Å². The first-order valence-electron chi connectivity index (χ1n) is 8.70. The topological polar surface area (TPSA) is 43.9 Å². The number of rotatable bonds is 5. The van der Waals surface area contributed by atoms with Crippen LogP contribution in [-0.2, 0) is 10.2 Å². The third-order valence-electron chi connectivity index (χ3n) is 5.10. The highest BCUT2D eigenvalue weighted by Crippen LogP contribution is 2.29. The molecule has 3 aliphatic rings. The minimum absolute atomic E-state index is 0.232. The maximum atomic E-state index is 12.9. The van der Waals surface area contributed by atoms with Gasteiger partial charge in [-0.15, -0.1) is 0 Å². The molecular weight excluding hydrogens is 341 g/mol. The number of nitrogens with zero attached hydrogens (tertiary/aromatic N) is 3. The first-order valence-corrected chi connectivity index (χ1v) is 10.1. The van der Waals surface area contributed by atoms with E-state index in [1.165, 1.54) is 16.4 Å². The molecule has 0 aliphatic carbocycles. The Morgan fingerprint density at radius 1 is 1.16 bits per heavy atom. The first-order chi connectivity index (χ1) is 11.9. The summed E-state index contributed by atoms with van der Waals surface area (Å²) in [6.07, 6.45) is 6.20. The fourth-order valence-electron chi connectivity index (χ4n) is 3.68. The minimum atomic E-state index is -3.35. The van der Waals surface area contributed by atoms with E-state index < -0.39 is 10.2 Å². The zero-order valence-corrected chi connectivity index (χ0v) is 15.6. The van der Waals surface area contributed by atoms with Gasteiger partial charge in [-0.2, -0.15) is 17.0 Å². The molecule has 3 fully saturated rings. The molecule has 0 aromatic heterocycles. The Bertz CT molecular complexity index is 718. The van der Waals surface area contributed by atoms with Gasteiger partial charge in [0.2, 0.25) is 0 Å². The Balaban J connectivity index is 1.66. The lowest BCUT2D eigenvalue weighted by Gasteiger charge is -2.35. The van der Waals surface area contributed by atoms with Crippen molar-refractivity contribution in [3.8, 4) is 0 Å². The maximum absolute atomic E-state index is 12.9. The fourth-order valence-corrected chi connectivity index (χ4v) is 4.90. The molecule has 0 spiro atoms. The minimum Gasteiger partial charge on any atom is -0.295 e. The summed E-state index contributed by atoms with van der Waals surface area (Å²) in [7, 11) is -0.176. The van der Waals surface area contributed by atoms with Gasteiger partial charge in [-0.25, -0.2) is 4.39 Å². The Kier molecular flexibility index (Phi) is 5.58. The van der Waals surface area contributed by atoms with Crippen LogP contribution in [0.2, 0.25) is 0 Å². The highest BCUT2D eigenvalue weighted by Gasteiger charge is 2.39. The van der Waals surface area contributed by atoms with Gasteiger partial charge in [0.15, 0.2) is 0 Å². The van der Waals surface area contributed by atoms with Gasteiger partial charge in [0.25, 0.3) is 10.2 Å². The average molecular weight is 367 g/mol. The van der Waals surface area contributed by atoms with Crippen LogP contribution in [0.3, 0.4) is 0 Å². The molecule has 0 unspecified atom stereocenters. The van der Waals surface area contributed by atoms with Gasteiger partial charge in [0.1, 0.15) is 5.82 Å². The van der Waals surface area contributed by atoms with Gasteiger partial charge in [-0.3, -0.25) is 4.90 Å². The highest BCUT2D eigenvalue weighted by molar-refractivity contribution is 7.86. The Labute approximate surface area is 149 Å². The van der Waals surface area contributed by atoms with E-state index >= 15 is 0 Å². The summed E-state index contributed by atoms with van der Waals surface area (Å²) in [5, 5.41) is 0. The summed E-state index contributed by atoms with van der Waals surface area (Å²) in [5.41, 5.74) is 0.971. The average Bonchev–Trinajstić information content (AvgIpc) is 2.89. The van der Waals surface area contributed by atoms with E-state index in [9.17, 15) is 12.8 Å². The standard InChI is InChI=1S/C18H26FN3O2S/c1-20(2)25(23,24)22-13-16-7-10-18(14-22)21(12-16)11-3-4-15-5-8-17(19)9-6-15/h3-6,8-9,16,18H,7,10-14H2,1-2H3/t16-,18-/m1/s1. The molecule has 3 heterocycles. The third kappa shape index (κ3) is 4.28. The molecule has 0 amide bonds. The van der Waals surface area contributed by atoms with Crippen molar-refractivity contribution in [1.82, 2.24) is 13.5 Å². The fraction of sp³-hybridized carbons (Fsp3) is 0.556. The van der Waals surface area contributed by atoms with E-state index in [2.05, 4.69) is 11.0 Å².